The van der Waals surface area contributed by atoms with E-state index in [2.05, 4.69) is 20.2 Å². The Bertz CT molecular complexity index is 1540. The number of halogens is 2. The van der Waals surface area contributed by atoms with Crippen LogP contribution in [0.2, 0.25) is 10.0 Å². The summed E-state index contributed by atoms with van der Waals surface area (Å²) in [6, 6.07) is 24.8. The Morgan fingerprint density at radius 3 is 2.29 bits per heavy atom. The number of oxazole rings is 1. The van der Waals surface area contributed by atoms with E-state index >= 15 is 0 Å². The van der Waals surface area contributed by atoms with Crippen molar-refractivity contribution in [3.05, 3.63) is 101 Å². The highest BCUT2D eigenvalue weighted by Gasteiger charge is 2.08. The number of rotatable bonds is 5. The average molecular weight is 487 g/mol. The first-order valence-corrected chi connectivity index (χ1v) is 11.0. The van der Waals surface area contributed by atoms with Crippen LogP contribution in [0.1, 0.15) is 5.56 Å². The second kappa shape index (κ2) is 9.47. The number of nitrogens with zero attached hydrogens (tertiary/aromatic N) is 4. The maximum Gasteiger partial charge on any atom is 0.227 e. The van der Waals surface area contributed by atoms with Crippen molar-refractivity contribution in [2.45, 2.75) is 0 Å². The van der Waals surface area contributed by atoms with Gasteiger partial charge in [0.25, 0.3) is 0 Å². The molecule has 8 heteroatoms. The van der Waals surface area contributed by atoms with Crippen LogP contribution in [0.4, 0.5) is 17.1 Å². The third-order valence-corrected chi connectivity index (χ3v) is 5.39. The zero-order chi connectivity index (χ0) is 23.5. The Kier molecular flexibility index (Phi) is 6.08. The molecule has 0 aliphatic carbocycles. The van der Waals surface area contributed by atoms with Gasteiger partial charge in [-0.25, -0.2) is 4.98 Å². The van der Waals surface area contributed by atoms with Gasteiger partial charge in [-0.05, 0) is 78.9 Å². The van der Waals surface area contributed by atoms with Crippen molar-refractivity contribution in [1.82, 2.24) is 4.98 Å². The topological polar surface area (TPSA) is 83.3 Å². The van der Waals surface area contributed by atoms with E-state index in [4.69, 9.17) is 27.6 Å². The van der Waals surface area contributed by atoms with Gasteiger partial charge in [0.15, 0.2) is 5.58 Å². The minimum atomic E-state index is 0.0900. The van der Waals surface area contributed by atoms with Gasteiger partial charge in [0.1, 0.15) is 11.3 Å². The summed E-state index contributed by atoms with van der Waals surface area (Å²) in [7, 11) is 0. The number of fused-ring (bicyclic) bond motifs is 1. The number of aromatic nitrogens is 1. The van der Waals surface area contributed by atoms with Crippen molar-refractivity contribution in [1.29, 1.82) is 0 Å². The summed E-state index contributed by atoms with van der Waals surface area (Å²) in [5, 5.41) is 19.8. The van der Waals surface area contributed by atoms with E-state index in [9.17, 15) is 5.11 Å². The largest absolute Gasteiger partial charge is 0.507 e. The number of phenols is 1. The first-order valence-electron chi connectivity index (χ1n) is 10.2. The van der Waals surface area contributed by atoms with Crippen molar-refractivity contribution in [2.75, 3.05) is 0 Å². The number of aromatic hydroxyl groups is 1. The Morgan fingerprint density at radius 1 is 0.765 bits per heavy atom. The molecular formula is C26H16Cl2N4O2. The van der Waals surface area contributed by atoms with Crippen molar-refractivity contribution < 1.29 is 9.52 Å². The van der Waals surface area contributed by atoms with Gasteiger partial charge in [-0.2, -0.15) is 10.2 Å². The van der Waals surface area contributed by atoms with E-state index < -0.39 is 0 Å². The molecule has 5 rings (SSSR count). The first-order chi connectivity index (χ1) is 16.5. The Labute approximate surface area is 204 Å². The normalized spacial score (nSPS) is 11.7. The summed E-state index contributed by atoms with van der Waals surface area (Å²) in [6.07, 6.45) is 1.57. The van der Waals surface area contributed by atoms with Gasteiger partial charge in [-0.15, -0.1) is 0 Å². The highest BCUT2D eigenvalue weighted by atomic mass is 35.5. The quantitative estimate of drug-likeness (QED) is 0.199. The van der Waals surface area contributed by atoms with Crippen LogP contribution in [-0.2, 0) is 0 Å². The zero-order valence-corrected chi connectivity index (χ0v) is 19.1. The molecule has 0 aliphatic rings. The molecule has 0 saturated heterocycles. The molecule has 0 fully saturated rings. The number of hydrogen-bond donors (Lipinski definition) is 1. The summed E-state index contributed by atoms with van der Waals surface area (Å²) in [5.74, 6) is 0.593. The lowest BCUT2D eigenvalue weighted by molar-refractivity contribution is 0.474. The van der Waals surface area contributed by atoms with Gasteiger partial charge < -0.3 is 9.52 Å². The predicted octanol–water partition coefficient (Wildman–Crippen LogP) is 8.67. The molecule has 6 nitrogen and oxygen atoms in total. The third-order valence-electron chi connectivity index (χ3n) is 4.92. The molecule has 0 atom stereocenters. The Hall–Kier alpha value is -4.00. The monoisotopic (exact) mass is 486 g/mol. The van der Waals surface area contributed by atoms with Crippen LogP contribution in [0.15, 0.2) is 105 Å². The van der Waals surface area contributed by atoms with Crippen LogP contribution in [0.25, 0.3) is 22.6 Å². The van der Waals surface area contributed by atoms with Crippen molar-refractivity contribution in [2.24, 2.45) is 15.2 Å². The molecule has 0 aliphatic heterocycles. The summed E-state index contributed by atoms with van der Waals surface area (Å²) in [5.41, 5.74) is 4.62. The average Bonchev–Trinajstić information content (AvgIpc) is 3.26. The number of aliphatic imine (C=N–C) groups is 1. The van der Waals surface area contributed by atoms with E-state index in [-0.39, 0.29) is 5.75 Å². The minimum absolute atomic E-state index is 0.0900. The standard InChI is InChI=1S/C26H16Cl2N4O2/c27-18-2-1-3-21(13-18)31-32-22-9-10-24(33)17(12-22)15-29-20-7-4-16(5-8-20)26-30-23-14-19(28)6-11-25(23)34-26/h1-15,33H. The molecule has 166 valence electrons. The van der Waals surface area contributed by atoms with E-state index in [1.165, 1.54) is 0 Å². The fourth-order valence-electron chi connectivity index (χ4n) is 3.22. The van der Waals surface area contributed by atoms with Crippen LogP contribution in [0.5, 0.6) is 5.75 Å². The van der Waals surface area contributed by atoms with Gasteiger partial charge in [-0.3, -0.25) is 4.99 Å². The van der Waals surface area contributed by atoms with Crippen LogP contribution in [-0.4, -0.2) is 16.3 Å². The molecule has 1 heterocycles. The summed E-state index contributed by atoms with van der Waals surface area (Å²) >= 11 is 12.0. The second-order valence-corrected chi connectivity index (χ2v) is 8.23. The number of azo groups is 1. The molecule has 0 amide bonds. The molecule has 0 spiro atoms. The van der Waals surface area contributed by atoms with E-state index in [0.29, 0.717) is 49.7 Å². The molecule has 0 unspecified atom stereocenters. The van der Waals surface area contributed by atoms with Gasteiger partial charge in [-0.1, -0.05) is 29.3 Å². The smallest absolute Gasteiger partial charge is 0.227 e. The molecule has 0 radical (unpaired) electrons. The van der Waals surface area contributed by atoms with Gasteiger partial charge in [0.05, 0.1) is 17.1 Å². The molecular weight excluding hydrogens is 471 g/mol. The maximum absolute atomic E-state index is 10.2. The summed E-state index contributed by atoms with van der Waals surface area (Å²) in [6.45, 7) is 0. The molecule has 34 heavy (non-hydrogen) atoms. The third kappa shape index (κ3) is 4.98. The van der Waals surface area contributed by atoms with Crippen LogP contribution in [0.3, 0.4) is 0 Å². The molecule has 1 N–H and O–H groups in total. The SMILES string of the molecule is Oc1ccc(N=Nc2cccc(Cl)c2)cc1C=Nc1ccc(-c2nc3cc(Cl)ccc3o2)cc1. The lowest BCUT2D eigenvalue weighted by Crippen LogP contribution is -1.82. The van der Waals surface area contributed by atoms with Gasteiger partial charge in [0, 0.05) is 27.4 Å². The van der Waals surface area contributed by atoms with Crippen LogP contribution >= 0.6 is 23.2 Å². The Morgan fingerprint density at radius 2 is 1.50 bits per heavy atom. The second-order valence-electron chi connectivity index (χ2n) is 7.36. The lowest BCUT2D eigenvalue weighted by atomic mass is 10.2. The van der Waals surface area contributed by atoms with Crippen molar-refractivity contribution in [3.8, 4) is 17.2 Å². The van der Waals surface area contributed by atoms with E-state index in [1.807, 2.05) is 24.3 Å². The molecule has 4 aromatic carbocycles. The fraction of sp³-hybridized carbons (Fsp3) is 0. The van der Waals surface area contributed by atoms with Crippen LogP contribution in [0, 0.1) is 0 Å². The molecule has 5 aromatic rings. The lowest BCUT2D eigenvalue weighted by Gasteiger charge is -2.01. The number of phenolic OH excluding ortho intramolecular Hbond substituents is 1. The zero-order valence-electron chi connectivity index (χ0n) is 17.6. The van der Waals surface area contributed by atoms with E-state index in [0.717, 1.165) is 5.56 Å². The summed E-state index contributed by atoms with van der Waals surface area (Å²) in [4.78, 5) is 8.94. The summed E-state index contributed by atoms with van der Waals surface area (Å²) < 4.78 is 5.80. The van der Waals surface area contributed by atoms with E-state index in [1.54, 1.807) is 66.9 Å². The van der Waals surface area contributed by atoms with Gasteiger partial charge >= 0.3 is 0 Å². The minimum Gasteiger partial charge on any atom is -0.507 e. The molecule has 1 aromatic heterocycles. The molecule has 0 saturated carbocycles. The van der Waals surface area contributed by atoms with Crippen molar-refractivity contribution >= 4 is 57.6 Å². The van der Waals surface area contributed by atoms with Gasteiger partial charge in [0.2, 0.25) is 5.89 Å². The number of hydrogen-bond acceptors (Lipinski definition) is 6. The first kappa shape index (κ1) is 21.8. The highest BCUT2D eigenvalue weighted by Crippen LogP contribution is 2.29. The Balaban J connectivity index is 1.33. The number of benzene rings is 4. The van der Waals surface area contributed by atoms with Crippen molar-refractivity contribution in [3.63, 3.8) is 0 Å². The molecule has 0 bridgehead atoms. The fourth-order valence-corrected chi connectivity index (χ4v) is 3.57. The maximum atomic E-state index is 10.2. The van der Waals surface area contributed by atoms with Crippen LogP contribution < -0.4 is 0 Å². The predicted molar refractivity (Wildman–Crippen MR) is 135 cm³/mol. The highest BCUT2D eigenvalue weighted by molar-refractivity contribution is 6.31.